The van der Waals surface area contributed by atoms with Crippen molar-refractivity contribution in [3.8, 4) is 5.75 Å². The van der Waals surface area contributed by atoms with Gasteiger partial charge in [0.2, 0.25) is 0 Å². The first-order valence-corrected chi connectivity index (χ1v) is 11.7. The highest BCUT2D eigenvalue weighted by Crippen LogP contribution is 2.20. The Hall–Kier alpha value is -3.47. The number of aromatic carboxylic acids is 1. The van der Waals surface area contributed by atoms with Gasteiger partial charge in [-0.1, -0.05) is 79.8 Å². The molecule has 182 valence electrons. The second-order valence-electron chi connectivity index (χ2n) is 7.37. The molecule has 1 aromatic carbocycles. The standard InChI is InChI=1S/C29H35FO4/c1-2-3-4-5-6-7-8-9-10-11-12-13-14-15-16-17-18-19-20-21-28(31)34-27-23-22-25(30)24-26(27)29(32)33/h3-4,6-7,9-10,12-13,15-16,18-19,22-24H,2,5,8,11,14,17,20-21H2,1H3,(H,32,33). The number of rotatable bonds is 16. The second-order valence-corrected chi connectivity index (χ2v) is 7.37. The summed E-state index contributed by atoms with van der Waals surface area (Å²) in [6.45, 7) is 2.13. The van der Waals surface area contributed by atoms with Crippen molar-refractivity contribution in [2.75, 3.05) is 0 Å². The average Bonchev–Trinajstić information content (AvgIpc) is 2.81. The number of esters is 1. The van der Waals surface area contributed by atoms with Crippen molar-refractivity contribution in [1.82, 2.24) is 0 Å². The number of benzene rings is 1. The zero-order valence-corrected chi connectivity index (χ0v) is 19.9. The maximum absolute atomic E-state index is 13.2. The Kier molecular flexibility index (Phi) is 16.0. The van der Waals surface area contributed by atoms with E-state index in [0.29, 0.717) is 6.42 Å². The Morgan fingerprint density at radius 3 is 1.74 bits per heavy atom. The Morgan fingerprint density at radius 2 is 1.26 bits per heavy atom. The van der Waals surface area contributed by atoms with E-state index in [-0.39, 0.29) is 17.7 Å². The second kappa shape index (κ2) is 19.0. The molecule has 0 saturated carbocycles. The van der Waals surface area contributed by atoms with Crippen molar-refractivity contribution in [3.63, 3.8) is 0 Å². The van der Waals surface area contributed by atoms with Crippen LogP contribution in [0.1, 0.15) is 68.6 Å². The van der Waals surface area contributed by atoms with Gasteiger partial charge in [-0.3, -0.25) is 4.79 Å². The summed E-state index contributed by atoms with van der Waals surface area (Å²) < 4.78 is 18.2. The monoisotopic (exact) mass is 466 g/mol. The minimum absolute atomic E-state index is 0.110. The van der Waals surface area contributed by atoms with Gasteiger partial charge in [0.15, 0.2) is 0 Å². The molecule has 0 radical (unpaired) electrons. The molecule has 5 heteroatoms. The van der Waals surface area contributed by atoms with Gasteiger partial charge in [0.25, 0.3) is 0 Å². The van der Waals surface area contributed by atoms with E-state index < -0.39 is 17.8 Å². The third-order valence-corrected chi connectivity index (χ3v) is 4.51. The van der Waals surface area contributed by atoms with Crippen molar-refractivity contribution in [2.45, 2.75) is 58.3 Å². The lowest BCUT2D eigenvalue weighted by molar-refractivity contribution is -0.134. The summed E-state index contributed by atoms with van der Waals surface area (Å²) in [5.41, 5.74) is -0.373. The molecule has 0 unspecified atom stereocenters. The van der Waals surface area contributed by atoms with Gasteiger partial charge in [-0.25, -0.2) is 9.18 Å². The number of carboxylic acids is 1. The Bertz CT molecular complexity index is 920. The molecule has 0 atom stereocenters. The summed E-state index contributed by atoms with van der Waals surface area (Å²) in [5.74, 6) is -2.76. The molecule has 0 fully saturated rings. The third kappa shape index (κ3) is 14.6. The van der Waals surface area contributed by atoms with Crippen LogP contribution in [0.4, 0.5) is 4.39 Å². The highest BCUT2D eigenvalue weighted by Gasteiger charge is 2.15. The van der Waals surface area contributed by atoms with E-state index in [1.54, 1.807) is 0 Å². The molecule has 4 nitrogen and oxygen atoms in total. The number of carbonyl (C=O) groups is 2. The van der Waals surface area contributed by atoms with Crippen LogP contribution in [-0.2, 0) is 4.79 Å². The lowest BCUT2D eigenvalue weighted by Gasteiger charge is -2.06. The number of carbonyl (C=O) groups excluding carboxylic acids is 1. The minimum Gasteiger partial charge on any atom is -0.478 e. The zero-order chi connectivity index (χ0) is 24.9. The summed E-state index contributed by atoms with van der Waals surface area (Å²) in [7, 11) is 0. The van der Waals surface area contributed by atoms with Crippen LogP contribution in [0.25, 0.3) is 0 Å². The first-order valence-electron chi connectivity index (χ1n) is 11.7. The molecular weight excluding hydrogens is 431 g/mol. The maximum Gasteiger partial charge on any atom is 0.339 e. The van der Waals surface area contributed by atoms with Gasteiger partial charge in [0, 0.05) is 6.42 Å². The molecule has 0 aliphatic carbocycles. The largest absolute Gasteiger partial charge is 0.478 e. The summed E-state index contributed by atoms with van der Waals surface area (Å²) in [6, 6.07) is 3.03. The third-order valence-electron chi connectivity index (χ3n) is 4.51. The number of halogens is 1. The van der Waals surface area contributed by atoms with Crippen LogP contribution in [0.5, 0.6) is 5.75 Å². The van der Waals surface area contributed by atoms with Crippen LogP contribution in [0, 0.1) is 5.82 Å². The first kappa shape index (κ1) is 28.6. The number of hydrogen-bond donors (Lipinski definition) is 1. The predicted octanol–water partition coefficient (Wildman–Crippen LogP) is 7.91. The van der Waals surface area contributed by atoms with Crippen LogP contribution >= 0.6 is 0 Å². The number of ether oxygens (including phenoxy) is 1. The van der Waals surface area contributed by atoms with E-state index in [1.807, 2.05) is 12.2 Å². The van der Waals surface area contributed by atoms with E-state index in [9.17, 15) is 14.0 Å². The fourth-order valence-electron chi connectivity index (χ4n) is 2.77. The molecule has 0 spiro atoms. The summed E-state index contributed by atoms with van der Waals surface area (Å²) in [6.07, 6.45) is 31.5. The number of allylic oxidation sites excluding steroid dienone is 12. The van der Waals surface area contributed by atoms with Gasteiger partial charge in [0.05, 0.1) is 0 Å². The Balaban J connectivity index is 2.13. The van der Waals surface area contributed by atoms with Gasteiger partial charge in [-0.15, -0.1) is 0 Å². The van der Waals surface area contributed by atoms with E-state index in [0.717, 1.165) is 56.7 Å². The van der Waals surface area contributed by atoms with Gasteiger partial charge < -0.3 is 9.84 Å². The molecule has 0 aliphatic rings. The molecule has 0 aliphatic heterocycles. The van der Waals surface area contributed by atoms with Crippen molar-refractivity contribution >= 4 is 11.9 Å². The normalized spacial score (nSPS) is 12.4. The fraction of sp³-hybridized carbons (Fsp3) is 0.310. The topological polar surface area (TPSA) is 63.6 Å². The maximum atomic E-state index is 13.2. The molecule has 1 aromatic rings. The minimum atomic E-state index is -1.35. The summed E-state index contributed by atoms with van der Waals surface area (Å²) >= 11 is 0. The zero-order valence-electron chi connectivity index (χ0n) is 19.9. The molecule has 1 rings (SSSR count). The van der Waals surface area contributed by atoms with E-state index in [2.05, 4.69) is 67.7 Å². The fourth-order valence-corrected chi connectivity index (χ4v) is 2.77. The highest BCUT2D eigenvalue weighted by molar-refractivity contribution is 5.92. The summed E-state index contributed by atoms with van der Waals surface area (Å²) in [5, 5.41) is 9.06. The van der Waals surface area contributed by atoms with Crippen molar-refractivity contribution in [3.05, 3.63) is 102 Å². The highest BCUT2D eigenvalue weighted by atomic mass is 19.1. The first-order chi connectivity index (χ1) is 16.5. The van der Waals surface area contributed by atoms with Crippen molar-refractivity contribution < 1.29 is 23.8 Å². The average molecular weight is 467 g/mol. The van der Waals surface area contributed by atoms with Crippen molar-refractivity contribution in [1.29, 1.82) is 0 Å². The molecule has 0 aromatic heterocycles. The predicted molar refractivity (Wildman–Crippen MR) is 136 cm³/mol. The van der Waals surface area contributed by atoms with Gasteiger partial charge in [0.1, 0.15) is 17.1 Å². The van der Waals surface area contributed by atoms with Crippen LogP contribution in [0.2, 0.25) is 0 Å². The quantitative estimate of drug-likeness (QED) is 0.153. The van der Waals surface area contributed by atoms with Crippen LogP contribution in [-0.4, -0.2) is 17.0 Å². The van der Waals surface area contributed by atoms with Gasteiger partial charge in [-0.05, 0) is 63.1 Å². The Morgan fingerprint density at radius 1 is 0.794 bits per heavy atom. The molecule has 34 heavy (non-hydrogen) atoms. The van der Waals surface area contributed by atoms with E-state index in [1.165, 1.54) is 0 Å². The van der Waals surface area contributed by atoms with E-state index in [4.69, 9.17) is 9.84 Å². The van der Waals surface area contributed by atoms with Gasteiger partial charge in [-0.2, -0.15) is 0 Å². The molecule has 1 N–H and O–H groups in total. The molecule has 0 saturated heterocycles. The van der Waals surface area contributed by atoms with E-state index >= 15 is 0 Å². The van der Waals surface area contributed by atoms with Crippen LogP contribution in [0.15, 0.2) is 91.1 Å². The Labute approximate surface area is 202 Å². The van der Waals surface area contributed by atoms with Crippen molar-refractivity contribution in [2.24, 2.45) is 0 Å². The lowest BCUT2D eigenvalue weighted by Crippen LogP contribution is -2.11. The van der Waals surface area contributed by atoms with Crippen LogP contribution in [0.3, 0.4) is 0 Å². The molecule has 0 bridgehead atoms. The molecular formula is C29H35FO4. The summed E-state index contributed by atoms with van der Waals surface area (Å²) in [4.78, 5) is 23.0. The van der Waals surface area contributed by atoms with Crippen LogP contribution < -0.4 is 4.74 Å². The number of hydrogen-bond acceptors (Lipinski definition) is 3. The smallest absolute Gasteiger partial charge is 0.339 e. The number of carboxylic acid groups (broad SMARTS) is 1. The molecule has 0 heterocycles. The molecule has 0 amide bonds. The lowest BCUT2D eigenvalue weighted by atomic mass is 10.2. The SMILES string of the molecule is CCC=CCC=CCC=CCC=CCC=CCC=CCCC(=O)Oc1ccc(F)cc1C(=O)O. The van der Waals surface area contributed by atoms with Gasteiger partial charge >= 0.3 is 11.9 Å².